The lowest BCUT2D eigenvalue weighted by atomic mass is 10.1. The molecule has 2 aromatic heterocycles. The van der Waals surface area contributed by atoms with Gasteiger partial charge in [-0.05, 0) is 42.5 Å². The lowest BCUT2D eigenvalue weighted by molar-refractivity contribution is 0.517. The molecule has 0 saturated heterocycles. The minimum Gasteiger partial charge on any atom is -0.293 e. The van der Waals surface area contributed by atoms with Gasteiger partial charge in [0.05, 0.1) is 11.1 Å². The molecule has 3 heterocycles. The Bertz CT molecular complexity index is 1130. The molecule has 130 valence electrons. The first kappa shape index (κ1) is 16.9. The van der Waals surface area contributed by atoms with E-state index in [-0.39, 0.29) is 11.5 Å². The van der Waals surface area contributed by atoms with Crippen molar-refractivity contribution in [3.63, 3.8) is 0 Å². The van der Waals surface area contributed by atoms with E-state index in [1.54, 1.807) is 41.2 Å². The van der Waals surface area contributed by atoms with Crippen molar-refractivity contribution in [2.75, 3.05) is 6.54 Å². The van der Waals surface area contributed by atoms with Crippen LogP contribution in [0.5, 0.6) is 0 Å². The normalized spacial score (nSPS) is 17.1. The van der Waals surface area contributed by atoms with Crippen LogP contribution in [0.4, 0.5) is 5.69 Å². The predicted octanol–water partition coefficient (Wildman–Crippen LogP) is 3.60. The van der Waals surface area contributed by atoms with Crippen molar-refractivity contribution < 1.29 is 0 Å². The summed E-state index contributed by atoms with van der Waals surface area (Å²) in [5.74, 6) is 0.165. The summed E-state index contributed by atoms with van der Waals surface area (Å²) in [6.45, 7) is 1.19. The van der Waals surface area contributed by atoms with Crippen LogP contribution in [0.3, 0.4) is 0 Å². The van der Waals surface area contributed by atoms with E-state index >= 15 is 0 Å². The molecule has 26 heavy (non-hydrogen) atoms. The largest absolute Gasteiger partial charge is 0.293 e. The molecule has 1 atom stereocenters. The van der Waals surface area contributed by atoms with Crippen molar-refractivity contribution in [2.45, 2.75) is 6.54 Å². The van der Waals surface area contributed by atoms with Crippen LogP contribution in [0.1, 0.15) is 0 Å². The van der Waals surface area contributed by atoms with Crippen LogP contribution in [0.15, 0.2) is 69.5 Å². The second-order valence-corrected chi connectivity index (χ2v) is 7.30. The molecule has 0 fully saturated rings. The molecule has 1 aliphatic rings. The van der Waals surface area contributed by atoms with Gasteiger partial charge < -0.3 is 0 Å². The van der Waals surface area contributed by atoms with Crippen LogP contribution in [0.2, 0.25) is 5.02 Å². The Morgan fingerprint density at radius 2 is 2.12 bits per heavy atom. The first-order valence-corrected chi connectivity index (χ1v) is 9.36. The van der Waals surface area contributed by atoms with Crippen LogP contribution in [0, 0.1) is 5.92 Å². The summed E-state index contributed by atoms with van der Waals surface area (Å²) >= 11 is 7.36. The maximum absolute atomic E-state index is 13.1. The van der Waals surface area contributed by atoms with Crippen LogP contribution < -0.4 is 10.4 Å². The van der Waals surface area contributed by atoms with Gasteiger partial charge in [0.2, 0.25) is 0 Å². The van der Waals surface area contributed by atoms with Crippen LogP contribution in [-0.4, -0.2) is 22.3 Å². The molecule has 0 bridgehead atoms. The molecule has 1 unspecified atom stereocenters. The third-order valence-electron chi connectivity index (χ3n) is 4.05. The Hall–Kier alpha value is -2.57. The Morgan fingerprint density at radius 1 is 1.27 bits per heavy atom. The van der Waals surface area contributed by atoms with E-state index in [1.165, 1.54) is 11.3 Å². The molecular weight excluding hydrogens is 368 g/mol. The number of allylic oxidation sites excluding steroid dienone is 1. The fourth-order valence-corrected chi connectivity index (χ4v) is 3.85. The van der Waals surface area contributed by atoms with Crippen molar-refractivity contribution >= 4 is 45.1 Å². The lowest BCUT2D eigenvalue weighted by Gasteiger charge is -2.15. The molecule has 0 amide bonds. The first-order chi connectivity index (χ1) is 12.7. The molecule has 0 spiro atoms. The fraction of sp³-hybridized carbons (Fsp3) is 0.158. The molecule has 0 saturated carbocycles. The quantitative estimate of drug-likeness (QED) is 0.694. The number of halogens is 1. The molecule has 3 aromatic rings. The second kappa shape index (κ2) is 7.35. The molecule has 7 heteroatoms. The number of rotatable bonds is 3. The molecule has 1 aliphatic heterocycles. The summed E-state index contributed by atoms with van der Waals surface area (Å²) in [4.78, 5) is 27.7. The zero-order valence-corrected chi connectivity index (χ0v) is 15.3. The average molecular weight is 383 g/mol. The molecule has 5 nitrogen and oxygen atoms in total. The lowest BCUT2D eigenvalue weighted by Crippen LogP contribution is -2.35. The van der Waals surface area contributed by atoms with E-state index in [0.29, 0.717) is 33.1 Å². The number of hydrogen-bond donors (Lipinski definition) is 0. The smallest absolute Gasteiger partial charge is 0.263 e. The summed E-state index contributed by atoms with van der Waals surface area (Å²) in [7, 11) is 0. The minimum atomic E-state index is -0.0810. The SMILES string of the molecule is O=c1c2cccnc2sc(=Nc2ccc(Cl)cc2)n1CC1C=CC=NC1. The number of benzene rings is 1. The summed E-state index contributed by atoms with van der Waals surface area (Å²) in [5.41, 5.74) is 0.661. The van der Waals surface area contributed by atoms with Gasteiger partial charge in [-0.25, -0.2) is 9.98 Å². The van der Waals surface area contributed by atoms with E-state index in [0.717, 1.165) is 5.69 Å². The maximum Gasteiger partial charge on any atom is 0.263 e. The molecule has 1 aromatic carbocycles. The Morgan fingerprint density at radius 3 is 2.88 bits per heavy atom. The minimum absolute atomic E-state index is 0.0810. The number of fused-ring (bicyclic) bond motifs is 1. The van der Waals surface area contributed by atoms with Gasteiger partial charge in [-0.15, -0.1) is 0 Å². The highest BCUT2D eigenvalue weighted by molar-refractivity contribution is 7.15. The van der Waals surface area contributed by atoms with Crippen LogP contribution in [-0.2, 0) is 6.54 Å². The molecule has 0 radical (unpaired) electrons. The third-order valence-corrected chi connectivity index (χ3v) is 5.31. The Kier molecular flexibility index (Phi) is 4.77. The Balaban J connectivity index is 1.90. The fourth-order valence-electron chi connectivity index (χ4n) is 2.76. The van der Waals surface area contributed by atoms with Gasteiger partial charge in [0.25, 0.3) is 5.56 Å². The third kappa shape index (κ3) is 3.52. The van der Waals surface area contributed by atoms with Crippen molar-refractivity contribution in [3.8, 4) is 0 Å². The van der Waals surface area contributed by atoms with E-state index in [4.69, 9.17) is 11.6 Å². The standard InChI is InChI=1S/C19H15ClN4OS/c20-14-5-7-15(8-6-14)23-19-24(12-13-3-1-9-21-11-13)18(25)16-4-2-10-22-17(16)26-19/h1-10,13H,11-12H2. The second-order valence-electron chi connectivity index (χ2n) is 5.90. The number of nitrogens with zero attached hydrogens (tertiary/aromatic N) is 4. The predicted molar refractivity (Wildman–Crippen MR) is 107 cm³/mol. The monoisotopic (exact) mass is 382 g/mol. The van der Waals surface area contributed by atoms with E-state index < -0.39 is 0 Å². The van der Waals surface area contributed by atoms with Crippen LogP contribution in [0.25, 0.3) is 10.2 Å². The summed E-state index contributed by atoms with van der Waals surface area (Å²) in [6.07, 6.45) is 7.46. The van der Waals surface area contributed by atoms with E-state index in [1.807, 2.05) is 18.2 Å². The van der Waals surface area contributed by atoms with E-state index in [9.17, 15) is 4.79 Å². The highest BCUT2D eigenvalue weighted by atomic mass is 35.5. The summed E-state index contributed by atoms with van der Waals surface area (Å²) in [6, 6.07) is 10.8. The van der Waals surface area contributed by atoms with Gasteiger partial charge in [-0.3, -0.25) is 14.4 Å². The number of hydrogen-bond acceptors (Lipinski definition) is 5. The molecular formula is C19H15ClN4OS. The van der Waals surface area contributed by atoms with Gasteiger partial charge in [-0.1, -0.05) is 29.0 Å². The molecule has 4 rings (SSSR count). The Labute approximate surface area is 158 Å². The topological polar surface area (TPSA) is 59.6 Å². The average Bonchev–Trinajstić information content (AvgIpc) is 2.67. The molecule has 0 N–H and O–H groups in total. The van der Waals surface area contributed by atoms with Gasteiger partial charge in [-0.2, -0.15) is 0 Å². The van der Waals surface area contributed by atoms with Crippen molar-refractivity contribution in [1.82, 2.24) is 9.55 Å². The van der Waals surface area contributed by atoms with Crippen molar-refractivity contribution in [2.24, 2.45) is 15.9 Å². The van der Waals surface area contributed by atoms with Crippen LogP contribution >= 0.6 is 22.9 Å². The van der Waals surface area contributed by atoms with Gasteiger partial charge in [0, 0.05) is 36.4 Å². The maximum atomic E-state index is 13.1. The number of dihydropyridines is 1. The summed E-state index contributed by atoms with van der Waals surface area (Å²) < 4.78 is 1.72. The summed E-state index contributed by atoms with van der Waals surface area (Å²) in [5, 5.41) is 1.26. The highest BCUT2D eigenvalue weighted by Crippen LogP contribution is 2.17. The zero-order chi connectivity index (χ0) is 17.9. The highest BCUT2D eigenvalue weighted by Gasteiger charge is 2.13. The van der Waals surface area contributed by atoms with E-state index in [2.05, 4.69) is 21.0 Å². The van der Waals surface area contributed by atoms with Gasteiger partial charge in [0.1, 0.15) is 4.83 Å². The van der Waals surface area contributed by atoms with Crippen molar-refractivity contribution in [1.29, 1.82) is 0 Å². The number of aromatic nitrogens is 2. The first-order valence-electron chi connectivity index (χ1n) is 8.16. The zero-order valence-electron chi connectivity index (χ0n) is 13.7. The number of pyridine rings is 1. The number of aliphatic imine (C=N–C) groups is 1. The van der Waals surface area contributed by atoms with Gasteiger partial charge >= 0.3 is 0 Å². The van der Waals surface area contributed by atoms with Gasteiger partial charge in [0.15, 0.2) is 4.80 Å². The van der Waals surface area contributed by atoms with Crippen molar-refractivity contribution in [3.05, 3.63) is 74.9 Å². The molecule has 0 aliphatic carbocycles.